The molecule has 7 nitrogen and oxygen atoms in total. The number of rotatable bonds is 9. The third kappa shape index (κ3) is 7.14. The first-order valence-electron chi connectivity index (χ1n) is 12.8. The Morgan fingerprint density at radius 2 is 1.62 bits per heavy atom. The van der Waals surface area contributed by atoms with Crippen LogP contribution in [0.25, 0.3) is 0 Å². The fourth-order valence-electron chi connectivity index (χ4n) is 4.79. The molecule has 1 heterocycles. The van der Waals surface area contributed by atoms with Crippen molar-refractivity contribution in [3.8, 4) is 5.75 Å². The van der Waals surface area contributed by atoms with Crippen molar-refractivity contribution < 1.29 is 22.3 Å². The molecule has 0 spiro atoms. The van der Waals surface area contributed by atoms with E-state index in [2.05, 4.69) is 12.1 Å². The van der Waals surface area contributed by atoms with Gasteiger partial charge in [0.05, 0.1) is 16.5 Å². The van der Waals surface area contributed by atoms with Gasteiger partial charge < -0.3 is 9.64 Å². The van der Waals surface area contributed by atoms with Gasteiger partial charge in [-0.15, -0.1) is 0 Å². The molecule has 1 amide bonds. The number of sulfonamides is 1. The second-order valence-corrected chi connectivity index (χ2v) is 12.7. The summed E-state index contributed by atoms with van der Waals surface area (Å²) in [7, 11) is -1.95. The zero-order chi connectivity index (χ0) is 29.0. The predicted molar refractivity (Wildman–Crippen MR) is 155 cm³/mol. The van der Waals surface area contributed by atoms with Gasteiger partial charge in [-0.2, -0.15) is 4.31 Å². The number of amides is 1. The largest absolute Gasteiger partial charge is 0.488 e. The third-order valence-corrected chi connectivity index (χ3v) is 9.38. The van der Waals surface area contributed by atoms with E-state index in [-0.39, 0.29) is 48.5 Å². The van der Waals surface area contributed by atoms with Gasteiger partial charge in [-0.1, -0.05) is 53.5 Å². The number of halogens is 3. The lowest BCUT2D eigenvalue weighted by Crippen LogP contribution is -2.52. The summed E-state index contributed by atoms with van der Waals surface area (Å²) in [4.78, 5) is 16.5. The zero-order valence-corrected chi connectivity index (χ0v) is 25.0. The molecule has 4 rings (SSSR count). The minimum Gasteiger partial charge on any atom is -0.488 e. The van der Waals surface area contributed by atoms with Crippen LogP contribution in [0, 0.1) is 19.7 Å². The smallest absolute Gasteiger partial charge is 0.243 e. The van der Waals surface area contributed by atoms with Crippen LogP contribution >= 0.6 is 23.2 Å². The predicted octanol–water partition coefficient (Wildman–Crippen LogP) is 5.29. The van der Waals surface area contributed by atoms with Crippen LogP contribution in [-0.4, -0.2) is 68.2 Å². The molecular weight excluding hydrogens is 576 g/mol. The van der Waals surface area contributed by atoms with Gasteiger partial charge in [0, 0.05) is 43.3 Å². The number of likely N-dealkylation sites (N-methyl/N-ethyl adjacent to an activating group) is 1. The molecule has 0 aliphatic carbocycles. The molecule has 0 N–H and O–H groups in total. The Morgan fingerprint density at radius 3 is 2.25 bits per heavy atom. The van der Waals surface area contributed by atoms with Gasteiger partial charge in [-0.05, 0) is 61.9 Å². The molecule has 11 heteroatoms. The maximum absolute atomic E-state index is 13.5. The number of carbonyl (C=O) groups is 1. The fourth-order valence-corrected chi connectivity index (χ4v) is 6.67. The third-order valence-electron chi connectivity index (χ3n) is 6.83. The van der Waals surface area contributed by atoms with Crippen molar-refractivity contribution in [2.75, 3.05) is 39.8 Å². The van der Waals surface area contributed by atoms with Crippen molar-refractivity contribution in [1.29, 1.82) is 0 Å². The van der Waals surface area contributed by atoms with Crippen LogP contribution in [-0.2, 0) is 28.0 Å². The highest BCUT2D eigenvalue weighted by molar-refractivity contribution is 7.89. The van der Waals surface area contributed by atoms with E-state index in [0.29, 0.717) is 18.2 Å². The van der Waals surface area contributed by atoms with Gasteiger partial charge in [-0.25, -0.2) is 12.8 Å². The Balaban J connectivity index is 1.30. The minimum absolute atomic E-state index is 0.0655. The summed E-state index contributed by atoms with van der Waals surface area (Å²) in [6.45, 7) is 5.99. The molecule has 0 unspecified atom stereocenters. The van der Waals surface area contributed by atoms with Gasteiger partial charge in [0.15, 0.2) is 0 Å². The van der Waals surface area contributed by atoms with Crippen LogP contribution in [0.2, 0.25) is 10.0 Å². The standard InChI is InChI=1S/C29H32Cl2FN3O4S/c1-20-14-22(15-21(2)29(20)39-19-23-6-4-5-7-25(23)30)17-33(3)18-28(36)34-10-12-35(13-11-34)40(37,38)24-8-9-27(32)26(31)16-24/h4-9,14-16H,10-13,17-19H2,1-3H3. The highest BCUT2D eigenvalue weighted by Crippen LogP contribution is 2.28. The van der Waals surface area contributed by atoms with Crippen LogP contribution < -0.4 is 4.74 Å². The van der Waals surface area contributed by atoms with Crippen molar-refractivity contribution in [3.63, 3.8) is 0 Å². The number of benzene rings is 3. The molecule has 1 aliphatic rings. The number of piperazine rings is 1. The van der Waals surface area contributed by atoms with Crippen LogP contribution in [0.3, 0.4) is 0 Å². The Kier molecular flexibility index (Phi) is 9.74. The molecule has 1 fully saturated rings. The fraction of sp³-hybridized carbons (Fsp3) is 0.345. The quantitative estimate of drug-likeness (QED) is 0.330. The lowest BCUT2D eigenvalue weighted by molar-refractivity contribution is -0.133. The second-order valence-electron chi connectivity index (χ2n) is 9.97. The first-order chi connectivity index (χ1) is 19.0. The molecule has 40 heavy (non-hydrogen) atoms. The SMILES string of the molecule is Cc1cc(CN(C)CC(=O)N2CCN(S(=O)(=O)c3ccc(F)c(Cl)c3)CC2)cc(C)c1OCc1ccccc1Cl. The van der Waals surface area contributed by atoms with E-state index in [9.17, 15) is 17.6 Å². The molecule has 0 bridgehead atoms. The maximum Gasteiger partial charge on any atom is 0.243 e. The van der Waals surface area contributed by atoms with Crippen molar-refractivity contribution in [2.24, 2.45) is 0 Å². The molecule has 1 aliphatic heterocycles. The van der Waals surface area contributed by atoms with Gasteiger partial charge in [-0.3, -0.25) is 9.69 Å². The number of hydrogen-bond acceptors (Lipinski definition) is 5. The molecule has 0 radical (unpaired) electrons. The zero-order valence-electron chi connectivity index (χ0n) is 22.7. The van der Waals surface area contributed by atoms with Crippen molar-refractivity contribution in [3.05, 3.63) is 92.7 Å². The average Bonchev–Trinajstić information content (AvgIpc) is 2.90. The first kappa shape index (κ1) is 30.3. The summed E-state index contributed by atoms with van der Waals surface area (Å²) >= 11 is 12.0. The number of carbonyl (C=O) groups excluding carboxylic acids is 1. The van der Waals surface area contributed by atoms with E-state index < -0.39 is 15.8 Å². The highest BCUT2D eigenvalue weighted by atomic mass is 35.5. The van der Waals surface area contributed by atoms with E-state index in [1.54, 1.807) is 4.90 Å². The van der Waals surface area contributed by atoms with Gasteiger partial charge in [0.2, 0.25) is 15.9 Å². The molecule has 3 aromatic rings. The molecule has 0 atom stereocenters. The van der Waals surface area contributed by atoms with E-state index in [0.717, 1.165) is 40.1 Å². The highest BCUT2D eigenvalue weighted by Gasteiger charge is 2.30. The minimum atomic E-state index is -3.83. The van der Waals surface area contributed by atoms with Gasteiger partial charge in [0.25, 0.3) is 0 Å². The van der Waals surface area contributed by atoms with Crippen LogP contribution in [0.15, 0.2) is 59.5 Å². The summed E-state index contributed by atoms with van der Waals surface area (Å²) in [6.07, 6.45) is 0. The molecule has 3 aromatic carbocycles. The molecular formula is C29H32Cl2FN3O4S. The average molecular weight is 609 g/mol. The Hall–Kier alpha value is -2.69. The molecule has 214 valence electrons. The number of aryl methyl sites for hydroxylation is 2. The first-order valence-corrected chi connectivity index (χ1v) is 15.0. The van der Waals surface area contributed by atoms with E-state index in [1.165, 1.54) is 10.4 Å². The number of ether oxygens (including phenoxy) is 1. The lowest BCUT2D eigenvalue weighted by Gasteiger charge is -2.34. The van der Waals surface area contributed by atoms with Crippen LogP contribution in [0.4, 0.5) is 4.39 Å². The van der Waals surface area contributed by atoms with Crippen molar-refractivity contribution in [1.82, 2.24) is 14.1 Å². The summed E-state index contributed by atoms with van der Waals surface area (Å²) in [5.41, 5.74) is 3.98. The molecule has 0 aromatic heterocycles. The summed E-state index contributed by atoms with van der Waals surface area (Å²) in [5.74, 6) is 0.0683. The van der Waals surface area contributed by atoms with Gasteiger partial charge in [0.1, 0.15) is 18.2 Å². The molecule has 0 saturated carbocycles. The van der Waals surface area contributed by atoms with Crippen LogP contribution in [0.5, 0.6) is 5.75 Å². The van der Waals surface area contributed by atoms with Crippen molar-refractivity contribution in [2.45, 2.75) is 31.9 Å². The van der Waals surface area contributed by atoms with Crippen molar-refractivity contribution >= 4 is 39.1 Å². The summed E-state index contributed by atoms with van der Waals surface area (Å²) < 4.78 is 46.7. The van der Waals surface area contributed by atoms with E-state index in [4.69, 9.17) is 27.9 Å². The van der Waals surface area contributed by atoms with E-state index in [1.807, 2.05) is 50.1 Å². The monoisotopic (exact) mass is 607 g/mol. The second kappa shape index (κ2) is 12.9. The topological polar surface area (TPSA) is 70.2 Å². The molecule has 1 saturated heterocycles. The Morgan fingerprint density at radius 1 is 0.975 bits per heavy atom. The summed E-state index contributed by atoms with van der Waals surface area (Å²) in [6, 6.07) is 15.0. The van der Waals surface area contributed by atoms with Crippen LogP contribution in [0.1, 0.15) is 22.3 Å². The van der Waals surface area contributed by atoms with Gasteiger partial charge >= 0.3 is 0 Å². The number of nitrogens with zero attached hydrogens (tertiary/aromatic N) is 3. The normalized spacial score (nSPS) is 14.5. The number of hydrogen-bond donors (Lipinski definition) is 0. The Labute approximate surface area is 245 Å². The lowest BCUT2D eigenvalue weighted by atomic mass is 10.1. The Bertz CT molecular complexity index is 1470. The van der Waals surface area contributed by atoms with E-state index >= 15 is 0 Å². The summed E-state index contributed by atoms with van der Waals surface area (Å²) in [5, 5.41) is 0.420. The maximum atomic E-state index is 13.5.